The van der Waals surface area contributed by atoms with Crippen LogP contribution in [0.5, 0.6) is 0 Å². The van der Waals surface area contributed by atoms with E-state index < -0.39 is 83.3 Å². The van der Waals surface area contributed by atoms with Gasteiger partial charge in [-0.15, -0.1) is 0 Å². The van der Waals surface area contributed by atoms with Crippen LogP contribution >= 0.6 is 0 Å². The predicted octanol–water partition coefficient (Wildman–Crippen LogP) is 5.95. The molecule has 0 amide bonds. The zero-order chi connectivity index (χ0) is 32.6. The molecule has 0 fully saturated rings. The monoisotopic (exact) mass is 649 g/mol. The molecule has 0 saturated carbocycles. The molecule has 0 radical (unpaired) electrons. The summed E-state index contributed by atoms with van der Waals surface area (Å²) in [5, 5.41) is 0. The summed E-state index contributed by atoms with van der Waals surface area (Å²) in [7, 11) is -6.94. The van der Waals surface area contributed by atoms with Gasteiger partial charge in [-0.05, 0) is 27.7 Å². The molecule has 9 atom stereocenters. The van der Waals surface area contributed by atoms with E-state index in [0.717, 1.165) is 0 Å². The molecule has 0 bridgehead atoms. The fourth-order valence-electron chi connectivity index (χ4n) is 3.24. The van der Waals surface area contributed by atoms with Crippen molar-refractivity contribution < 1.29 is 83.3 Å². The predicted molar refractivity (Wildman–Crippen MR) is 112 cm³/mol. The Hall–Kier alpha value is -1.18. The van der Waals surface area contributed by atoms with E-state index in [0.29, 0.717) is 0 Å². The molecule has 40 heavy (non-hydrogen) atoms. The van der Waals surface area contributed by atoms with Gasteiger partial charge in [-0.3, -0.25) is 0 Å². The molecule has 0 aromatic heterocycles. The molecule has 0 heterocycles. The molecule has 0 aromatic carbocycles. The Kier molecular flexibility index (Phi) is 16.3. The Morgan fingerprint density at radius 3 is 1.05 bits per heavy atom. The van der Waals surface area contributed by atoms with Gasteiger partial charge in [0.25, 0.3) is 11.9 Å². The molecule has 0 aliphatic carbocycles. The summed E-state index contributed by atoms with van der Waals surface area (Å²) >= 11 is 0. The van der Waals surface area contributed by atoms with Gasteiger partial charge in [-0.25, -0.2) is 56.7 Å². The first-order valence-electron chi connectivity index (χ1n) is 11.5. The minimum atomic E-state index is -6.94. The molecule has 0 N–H and O–H groups in total. The summed E-state index contributed by atoms with van der Waals surface area (Å²) < 4.78 is 226. The zero-order valence-corrected chi connectivity index (χ0v) is 22.2. The number of alkyl halides is 15. The van der Waals surface area contributed by atoms with Crippen LogP contribution in [0, 0.1) is 0 Å². The van der Waals surface area contributed by atoms with Gasteiger partial charge in [0, 0.05) is 0 Å². The smallest absolute Gasteiger partial charge is 0.356 e. The van der Waals surface area contributed by atoms with E-state index in [-0.39, 0.29) is 0 Å². The van der Waals surface area contributed by atoms with Gasteiger partial charge in [0.1, 0.15) is 10.1 Å². The number of quaternary nitrogens is 1. The van der Waals surface area contributed by atoms with Crippen molar-refractivity contribution in [3.05, 3.63) is 0 Å². The lowest BCUT2D eigenvalue weighted by atomic mass is 9.94. The summed E-state index contributed by atoms with van der Waals surface area (Å²) in [6.07, 6.45) is -41.2. The maximum absolute atomic E-state index is 13.4. The molecule has 0 aliphatic heterocycles. The number of halogens is 15. The summed E-state index contributed by atoms with van der Waals surface area (Å²) in [5.74, 6) is -13.8. The first-order chi connectivity index (χ1) is 17.9. The minimum Gasteiger partial charge on any atom is -0.746 e. The van der Waals surface area contributed by atoms with Crippen molar-refractivity contribution in [2.24, 2.45) is 0 Å². The molecular formula is C20H30F15NO3S. The average molecular weight is 650 g/mol. The van der Waals surface area contributed by atoms with E-state index in [4.69, 9.17) is 0 Å². The normalized spacial score (nSPS) is 20.4. The van der Waals surface area contributed by atoms with Crippen molar-refractivity contribution in [1.82, 2.24) is 0 Å². The van der Waals surface area contributed by atoms with Crippen LogP contribution in [-0.2, 0) is 10.1 Å². The Morgan fingerprint density at radius 1 is 0.550 bits per heavy atom. The molecule has 0 aliphatic rings. The molecular weight excluding hydrogens is 619 g/mol. The summed E-state index contributed by atoms with van der Waals surface area (Å²) in [6.45, 7) is 14.2. The maximum Gasteiger partial charge on any atom is 0.356 e. The highest BCUT2D eigenvalue weighted by molar-refractivity contribution is 7.86. The van der Waals surface area contributed by atoms with Crippen LogP contribution < -0.4 is 0 Å². The van der Waals surface area contributed by atoms with Crippen LogP contribution in [0.15, 0.2) is 0 Å². The highest BCUT2D eigenvalue weighted by atomic mass is 32.2. The summed E-state index contributed by atoms with van der Waals surface area (Å²) in [5.41, 5.74) is -5.42. The molecule has 4 nitrogen and oxygen atoms in total. The summed E-state index contributed by atoms with van der Waals surface area (Å²) in [6, 6.07) is 0. The second-order valence-corrected chi connectivity index (χ2v) is 9.91. The topological polar surface area (TPSA) is 57.2 Å². The van der Waals surface area contributed by atoms with Crippen molar-refractivity contribution in [2.75, 3.05) is 26.2 Å². The SMILES string of the molecule is CC[N+](CC)(CC)CC.O=S(=O)([O-])C(F)C(F)(F)C(F)(F)C(F)C(F)C(F)C(F)C(F)C(F)C(F)C(F)C(F)F. The Morgan fingerprint density at radius 2 is 0.825 bits per heavy atom. The van der Waals surface area contributed by atoms with E-state index in [1.54, 1.807) is 0 Å². The van der Waals surface area contributed by atoms with Crippen LogP contribution in [0.2, 0.25) is 0 Å². The van der Waals surface area contributed by atoms with Gasteiger partial charge >= 0.3 is 11.8 Å². The Labute approximate surface area is 221 Å². The zero-order valence-electron chi connectivity index (χ0n) is 21.4. The minimum absolute atomic E-state index is 1.28. The first kappa shape index (κ1) is 41.0. The molecule has 9 unspecified atom stereocenters. The van der Waals surface area contributed by atoms with Gasteiger partial charge in [0.15, 0.2) is 43.2 Å². The van der Waals surface area contributed by atoms with Crippen molar-refractivity contribution in [2.45, 2.75) is 101 Å². The van der Waals surface area contributed by atoms with Gasteiger partial charge in [0.05, 0.1) is 26.2 Å². The van der Waals surface area contributed by atoms with E-state index in [9.17, 15) is 78.8 Å². The third kappa shape index (κ3) is 9.69. The fraction of sp³-hybridized carbons (Fsp3) is 1.00. The lowest BCUT2D eigenvalue weighted by molar-refractivity contribution is -0.921. The number of hydrogen-bond acceptors (Lipinski definition) is 3. The highest BCUT2D eigenvalue weighted by Gasteiger charge is 2.71. The van der Waals surface area contributed by atoms with Crippen LogP contribution in [0.1, 0.15) is 27.7 Å². The van der Waals surface area contributed by atoms with Gasteiger partial charge < -0.3 is 9.04 Å². The molecule has 0 spiro atoms. The quantitative estimate of drug-likeness (QED) is 0.118. The standard InChI is InChI=1S/C12H11F15O3S.C8H20N/c13-1(3(15)5(17)7(19)9(21)22)2(14)4(16)6(18)8(20)11(24,25)12(26,27)10(23)31(28,29)30;1-5-9(6-2,7-3)8-4/h1-10H,(H,28,29,30);5-8H2,1-4H3/q;+1/p-1. The van der Waals surface area contributed by atoms with Crippen LogP contribution in [-0.4, -0.2) is 117 Å². The van der Waals surface area contributed by atoms with Gasteiger partial charge in [-0.2, -0.15) is 17.6 Å². The van der Waals surface area contributed by atoms with Crippen molar-refractivity contribution in [1.29, 1.82) is 0 Å². The maximum atomic E-state index is 13.4. The number of rotatable bonds is 16. The Balaban J connectivity index is 0. The van der Waals surface area contributed by atoms with Crippen LogP contribution in [0.25, 0.3) is 0 Å². The van der Waals surface area contributed by atoms with Crippen molar-refractivity contribution >= 4 is 10.1 Å². The number of hydrogen-bond donors (Lipinski definition) is 0. The molecule has 0 saturated heterocycles. The Bertz CT molecular complexity index is 816. The van der Waals surface area contributed by atoms with E-state index >= 15 is 0 Å². The third-order valence-corrected chi connectivity index (χ3v) is 7.16. The molecule has 244 valence electrons. The fourth-order valence-corrected chi connectivity index (χ4v) is 3.76. The second kappa shape index (κ2) is 15.9. The second-order valence-electron chi connectivity index (χ2n) is 8.51. The van der Waals surface area contributed by atoms with Crippen molar-refractivity contribution in [3.63, 3.8) is 0 Å². The number of nitrogens with zero attached hydrogens (tertiary/aromatic N) is 1. The lowest BCUT2D eigenvalue weighted by Gasteiger charge is -2.34. The third-order valence-electron chi connectivity index (χ3n) is 6.36. The molecule has 0 rings (SSSR count). The van der Waals surface area contributed by atoms with E-state index in [1.165, 1.54) is 30.7 Å². The lowest BCUT2D eigenvalue weighted by Crippen LogP contribution is -2.60. The molecule has 0 aromatic rings. The molecule has 20 heteroatoms. The van der Waals surface area contributed by atoms with Crippen molar-refractivity contribution in [3.8, 4) is 0 Å². The van der Waals surface area contributed by atoms with E-state index in [2.05, 4.69) is 27.7 Å². The summed E-state index contributed by atoms with van der Waals surface area (Å²) in [4.78, 5) is 0. The first-order valence-corrected chi connectivity index (χ1v) is 13.0. The van der Waals surface area contributed by atoms with Crippen LogP contribution in [0.4, 0.5) is 65.9 Å². The average Bonchev–Trinajstić information content (AvgIpc) is 2.90. The van der Waals surface area contributed by atoms with Gasteiger partial charge in [-0.1, -0.05) is 0 Å². The van der Waals surface area contributed by atoms with Gasteiger partial charge in [0.2, 0.25) is 6.17 Å². The highest BCUT2D eigenvalue weighted by Crippen LogP contribution is 2.46. The largest absolute Gasteiger partial charge is 0.746 e. The van der Waals surface area contributed by atoms with E-state index in [1.807, 2.05) is 0 Å². The van der Waals surface area contributed by atoms with Crippen LogP contribution in [0.3, 0.4) is 0 Å².